The van der Waals surface area contributed by atoms with Crippen molar-refractivity contribution in [2.75, 3.05) is 25.1 Å². The van der Waals surface area contributed by atoms with Gasteiger partial charge in [-0.05, 0) is 25.5 Å². The highest BCUT2D eigenvalue weighted by atomic mass is 16.5. The zero-order chi connectivity index (χ0) is 14.3. The lowest BCUT2D eigenvalue weighted by atomic mass is 10.1. The maximum absolute atomic E-state index is 11.6. The SMILES string of the molecule is CCOCCNC(=O)Nc1c(C)cccc1C(=O)O. The molecule has 6 nitrogen and oxygen atoms in total. The number of benzene rings is 1. The zero-order valence-electron chi connectivity index (χ0n) is 11.0. The van der Waals surface area contributed by atoms with Gasteiger partial charge in [-0.15, -0.1) is 0 Å². The Morgan fingerprint density at radius 2 is 2.11 bits per heavy atom. The van der Waals surface area contributed by atoms with Gasteiger partial charge in [-0.25, -0.2) is 9.59 Å². The minimum Gasteiger partial charge on any atom is -0.478 e. The monoisotopic (exact) mass is 266 g/mol. The maximum Gasteiger partial charge on any atom is 0.337 e. The van der Waals surface area contributed by atoms with E-state index in [9.17, 15) is 9.59 Å². The van der Waals surface area contributed by atoms with Crippen molar-refractivity contribution < 1.29 is 19.4 Å². The van der Waals surface area contributed by atoms with Crippen molar-refractivity contribution in [2.24, 2.45) is 0 Å². The first-order chi connectivity index (χ1) is 9.06. The third-order valence-electron chi connectivity index (χ3n) is 2.48. The third-order valence-corrected chi connectivity index (χ3v) is 2.48. The number of hydrogen-bond donors (Lipinski definition) is 3. The highest BCUT2D eigenvalue weighted by Gasteiger charge is 2.13. The summed E-state index contributed by atoms with van der Waals surface area (Å²) in [6, 6.07) is 4.38. The van der Waals surface area contributed by atoms with E-state index in [4.69, 9.17) is 9.84 Å². The Hall–Kier alpha value is -2.08. The maximum atomic E-state index is 11.6. The van der Waals surface area contributed by atoms with E-state index in [2.05, 4.69) is 10.6 Å². The molecule has 0 aromatic heterocycles. The van der Waals surface area contributed by atoms with Crippen LogP contribution < -0.4 is 10.6 Å². The van der Waals surface area contributed by atoms with Gasteiger partial charge in [0, 0.05) is 13.2 Å². The molecule has 0 spiro atoms. The number of ether oxygens (including phenoxy) is 1. The Morgan fingerprint density at radius 1 is 1.37 bits per heavy atom. The number of hydrogen-bond acceptors (Lipinski definition) is 3. The van der Waals surface area contributed by atoms with Crippen LogP contribution >= 0.6 is 0 Å². The van der Waals surface area contributed by atoms with Crippen molar-refractivity contribution in [3.63, 3.8) is 0 Å². The molecule has 0 unspecified atom stereocenters. The predicted molar refractivity (Wildman–Crippen MR) is 71.7 cm³/mol. The average Bonchev–Trinajstić information content (AvgIpc) is 2.37. The van der Waals surface area contributed by atoms with Crippen molar-refractivity contribution in [3.05, 3.63) is 29.3 Å². The molecular formula is C13H18N2O4. The number of rotatable bonds is 6. The summed E-state index contributed by atoms with van der Waals surface area (Å²) in [4.78, 5) is 22.7. The highest BCUT2D eigenvalue weighted by Crippen LogP contribution is 2.20. The molecule has 0 radical (unpaired) electrons. The van der Waals surface area contributed by atoms with Crippen LogP contribution in [0.3, 0.4) is 0 Å². The van der Waals surface area contributed by atoms with Crippen LogP contribution in [-0.2, 0) is 4.74 Å². The molecule has 1 aromatic rings. The summed E-state index contributed by atoms with van der Waals surface area (Å²) in [6.45, 7) is 4.98. The lowest BCUT2D eigenvalue weighted by molar-refractivity contribution is 0.0698. The van der Waals surface area contributed by atoms with Gasteiger partial charge in [0.25, 0.3) is 0 Å². The molecule has 0 saturated heterocycles. The van der Waals surface area contributed by atoms with Crippen molar-refractivity contribution in [1.82, 2.24) is 5.32 Å². The molecule has 19 heavy (non-hydrogen) atoms. The van der Waals surface area contributed by atoms with E-state index in [0.29, 0.717) is 31.0 Å². The van der Waals surface area contributed by atoms with Crippen LogP contribution in [0, 0.1) is 6.92 Å². The van der Waals surface area contributed by atoms with Gasteiger partial charge in [0.05, 0.1) is 17.9 Å². The molecule has 0 aliphatic heterocycles. The summed E-state index contributed by atoms with van der Waals surface area (Å²) in [5, 5.41) is 14.2. The van der Waals surface area contributed by atoms with Crippen LogP contribution in [0.4, 0.5) is 10.5 Å². The zero-order valence-corrected chi connectivity index (χ0v) is 11.0. The number of carboxylic acid groups (broad SMARTS) is 1. The molecule has 0 atom stereocenters. The fourth-order valence-electron chi connectivity index (χ4n) is 1.55. The van der Waals surface area contributed by atoms with Crippen LogP contribution in [0.15, 0.2) is 18.2 Å². The van der Waals surface area contributed by atoms with Gasteiger partial charge < -0.3 is 20.5 Å². The first-order valence-corrected chi connectivity index (χ1v) is 6.01. The van der Waals surface area contributed by atoms with Gasteiger partial charge in [0.15, 0.2) is 0 Å². The van der Waals surface area contributed by atoms with Crippen LogP contribution in [-0.4, -0.2) is 36.9 Å². The Morgan fingerprint density at radius 3 is 2.74 bits per heavy atom. The Kier molecular flexibility index (Phi) is 5.81. The van der Waals surface area contributed by atoms with E-state index in [1.165, 1.54) is 6.07 Å². The molecule has 0 fully saturated rings. The molecule has 3 N–H and O–H groups in total. The molecule has 0 aliphatic carbocycles. The van der Waals surface area contributed by atoms with Crippen molar-refractivity contribution in [3.8, 4) is 0 Å². The lowest BCUT2D eigenvalue weighted by Crippen LogP contribution is -2.32. The molecule has 0 aliphatic rings. The number of anilines is 1. The molecule has 6 heteroatoms. The first-order valence-electron chi connectivity index (χ1n) is 6.01. The van der Waals surface area contributed by atoms with Crippen LogP contribution in [0.25, 0.3) is 0 Å². The summed E-state index contributed by atoms with van der Waals surface area (Å²) >= 11 is 0. The van der Waals surface area contributed by atoms with Gasteiger partial charge in [0.1, 0.15) is 0 Å². The van der Waals surface area contributed by atoms with E-state index in [0.717, 1.165) is 0 Å². The molecule has 0 saturated carbocycles. The van der Waals surface area contributed by atoms with E-state index in [1.54, 1.807) is 19.1 Å². The summed E-state index contributed by atoms with van der Waals surface area (Å²) in [5.74, 6) is -1.08. The predicted octanol–water partition coefficient (Wildman–Crippen LogP) is 1.85. The van der Waals surface area contributed by atoms with Gasteiger partial charge in [-0.3, -0.25) is 0 Å². The van der Waals surface area contributed by atoms with Crippen LogP contribution in [0.1, 0.15) is 22.8 Å². The minimum absolute atomic E-state index is 0.0694. The summed E-state index contributed by atoms with van der Waals surface area (Å²) in [6.07, 6.45) is 0. The standard InChI is InChI=1S/C13H18N2O4/c1-3-19-8-7-14-13(18)15-11-9(2)5-4-6-10(11)12(16)17/h4-6H,3,7-8H2,1-2H3,(H,16,17)(H2,14,15,18). The lowest BCUT2D eigenvalue weighted by Gasteiger charge is -2.12. The number of aryl methyl sites for hydroxylation is 1. The molecule has 104 valence electrons. The smallest absolute Gasteiger partial charge is 0.337 e. The Bertz CT molecular complexity index is 460. The van der Waals surface area contributed by atoms with Crippen molar-refractivity contribution in [1.29, 1.82) is 0 Å². The minimum atomic E-state index is -1.08. The van der Waals surface area contributed by atoms with Gasteiger partial charge in [-0.1, -0.05) is 12.1 Å². The van der Waals surface area contributed by atoms with E-state index in [-0.39, 0.29) is 5.56 Å². The quantitative estimate of drug-likeness (QED) is 0.686. The summed E-state index contributed by atoms with van der Waals surface area (Å²) in [7, 11) is 0. The van der Waals surface area contributed by atoms with E-state index >= 15 is 0 Å². The summed E-state index contributed by atoms with van der Waals surface area (Å²) < 4.78 is 5.08. The van der Waals surface area contributed by atoms with E-state index < -0.39 is 12.0 Å². The third kappa shape index (κ3) is 4.59. The largest absolute Gasteiger partial charge is 0.478 e. The number of urea groups is 1. The van der Waals surface area contributed by atoms with Gasteiger partial charge >= 0.3 is 12.0 Å². The van der Waals surface area contributed by atoms with Gasteiger partial charge in [0.2, 0.25) is 0 Å². The summed E-state index contributed by atoms with van der Waals surface area (Å²) in [5.41, 5.74) is 1.07. The number of carboxylic acids is 1. The van der Waals surface area contributed by atoms with E-state index in [1.807, 2.05) is 6.92 Å². The first kappa shape index (κ1) is 15.0. The second kappa shape index (κ2) is 7.38. The molecular weight excluding hydrogens is 248 g/mol. The normalized spacial score (nSPS) is 10.0. The number of nitrogens with one attached hydrogen (secondary N) is 2. The van der Waals surface area contributed by atoms with Crippen molar-refractivity contribution in [2.45, 2.75) is 13.8 Å². The molecule has 1 rings (SSSR count). The fourth-order valence-corrected chi connectivity index (χ4v) is 1.55. The fraction of sp³-hybridized carbons (Fsp3) is 0.385. The molecule has 0 bridgehead atoms. The molecule has 1 aromatic carbocycles. The number of carbonyl (C=O) groups is 2. The molecule has 0 heterocycles. The van der Waals surface area contributed by atoms with Crippen LogP contribution in [0.2, 0.25) is 0 Å². The number of carbonyl (C=O) groups excluding carboxylic acids is 1. The number of aromatic carboxylic acids is 1. The topological polar surface area (TPSA) is 87.7 Å². The Balaban J connectivity index is 2.66. The van der Waals surface area contributed by atoms with Crippen molar-refractivity contribution >= 4 is 17.7 Å². The second-order valence-electron chi connectivity index (χ2n) is 3.88. The molecule has 2 amide bonds. The number of amides is 2. The highest BCUT2D eigenvalue weighted by molar-refractivity contribution is 6.00. The Labute approximate surface area is 111 Å². The number of para-hydroxylation sites is 1. The average molecular weight is 266 g/mol. The van der Waals surface area contributed by atoms with Crippen LogP contribution in [0.5, 0.6) is 0 Å². The second-order valence-corrected chi connectivity index (χ2v) is 3.88. The van der Waals surface area contributed by atoms with Gasteiger partial charge in [-0.2, -0.15) is 0 Å².